The van der Waals surface area contributed by atoms with Gasteiger partial charge < -0.3 is 15.5 Å². The van der Waals surface area contributed by atoms with E-state index < -0.39 is 5.60 Å². The summed E-state index contributed by atoms with van der Waals surface area (Å²) >= 11 is 0. The van der Waals surface area contributed by atoms with Gasteiger partial charge in [0, 0.05) is 12.1 Å². The highest BCUT2D eigenvalue weighted by atomic mass is 16.3. The van der Waals surface area contributed by atoms with E-state index in [2.05, 4.69) is 12.2 Å². The van der Waals surface area contributed by atoms with Crippen molar-refractivity contribution in [3.05, 3.63) is 29.8 Å². The van der Waals surface area contributed by atoms with E-state index in [1.54, 1.807) is 12.1 Å². The summed E-state index contributed by atoms with van der Waals surface area (Å²) in [7, 11) is 0. The number of rotatable bonds is 4. The van der Waals surface area contributed by atoms with Crippen molar-refractivity contribution >= 4 is 5.91 Å². The van der Waals surface area contributed by atoms with Crippen LogP contribution in [-0.4, -0.2) is 28.3 Å². The van der Waals surface area contributed by atoms with Crippen LogP contribution in [0.1, 0.15) is 49.4 Å². The van der Waals surface area contributed by atoms with E-state index in [-0.39, 0.29) is 18.2 Å². The molecule has 0 heterocycles. The molecule has 1 saturated carbocycles. The quantitative estimate of drug-likeness (QED) is 0.791. The molecular formula is C16H23NO3. The molecule has 1 aromatic carbocycles. The number of benzene rings is 1. The minimum absolute atomic E-state index is 0.0693. The summed E-state index contributed by atoms with van der Waals surface area (Å²) in [6.45, 7) is 2.45. The number of nitrogens with one attached hydrogen (secondary N) is 1. The predicted octanol–water partition coefficient (Wildman–Crippen LogP) is 2.45. The molecule has 0 aliphatic heterocycles. The minimum Gasteiger partial charge on any atom is -0.508 e. The van der Waals surface area contributed by atoms with Crippen LogP contribution in [0.25, 0.3) is 0 Å². The Morgan fingerprint density at radius 3 is 2.70 bits per heavy atom. The Morgan fingerprint density at radius 1 is 1.40 bits per heavy atom. The van der Waals surface area contributed by atoms with Gasteiger partial charge in [-0.25, -0.2) is 0 Å². The van der Waals surface area contributed by atoms with Gasteiger partial charge in [-0.05, 0) is 49.8 Å². The fourth-order valence-electron chi connectivity index (χ4n) is 2.79. The molecule has 1 aromatic rings. The SMILES string of the molecule is CCC1CCC(O)(CNC(=O)c2cccc(O)c2)CC1. The first-order chi connectivity index (χ1) is 9.52. The summed E-state index contributed by atoms with van der Waals surface area (Å²) < 4.78 is 0. The zero-order valence-electron chi connectivity index (χ0n) is 11.9. The van der Waals surface area contributed by atoms with Gasteiger partial charge in [0.1, 0.15) is 5.75 Å². The summed E-state index contributed by atoms with van der Waals surface area (Å²) in [5.41, 5.74) is -0.367. The summed E-state index contributed by atoms with van der Waals surface area (Å²) in [4.78, 5) is 12.0. The number of carbonyl (C=O) groups excluding carboxylic acids is 1. The number of hydrogen-bond acceptors (Lipinski definition) is 3. The van der Waals surface area contributed by atoms with Crippen LogP contribution in [0, 0.1) is 5.92 Å². The molecule has 0 atom stereocenters. The van der Waals surface area contributed by atoms with Crippen LogP contribution >= 0.6 is 0 Å². The van der Waals surface area contributed by atoms with Crippen molar-refractivity contribution in [1.82, 2.24) is 5.32 Å². The number of amides is 1. The molecule has 2 rings (SSSR count). The molecule has 3 N–H and O–H groups in total. The largest absolute Gasteiger partial charge is 0.508 e. The van der Waals surface area contributed by atoms with E-state index in [1.807, 2.05) is 0 Å². The molecule has 1 aliphatic rings. The number of hydrogen-bond donors (Lipinski definition) is 3. The Balaban J connectivity index is 1.87. The molecule has 4 nitrogen and oxygen atoms in total. The van der Waals surface area contributed by atoms with Gasteiger partial charge in [-0.15, -0.1) is 0 Å². The Hall–Kier alpha value is -1.55. The lowest BCUT2D eigenvalue weighted by Gasteiger charge is -2.35. The minimum atomic E-state index is -0.780. The maximum atomic E-state index is 12.0. The van der Waals surface area contributed by atoms with Crippen LogP contribution in [0.5, 0.6) is 5.75 Å². The molecule has 4 heteroatoms. The monoisotopic (exact) mass is 277 g/mol. The highest BCUT2D eigenvalue weighted by Gasteiger charge is 2.32. The van der Waals surface area contributed by atoms with Gasteiger partial charge in [0.15, 0.2) is 0 Å². The first kappa shape index (κ1) is 14.9. The third-order valence-electron chi connectivity index (χ3n) is 4.30. The number of phenols is 1. The number of aromatic hydroxyl groups is 1. The maximum Gasteiger partial charge on any atom is 0.251 e. The first-order valence-corrected chi connectivity index (χ1v) is 7.32. The third kappa shape index (κ3) is 3.73. The van der Waals surface area contributed by atoms with E-state index in [4.69, 9.17) is 0 Å². The lowest BCUT2D eigenvalue weighted by atomic mass is 9.78. The molecule has 20 heavy (non-hydrogen) atoms. The summed E-state index contributed by atoms with van der Waals surface area (Å²) in [6.07, 6.45) is 4.69. The zero-order valence-corrected chi connectivity index (χ0v) is 11.9. The van der Waals surface area contributed by atoms with Gasteiger partial charge >= 0.3 is 0 Å². The molecule has 0 unspecified atom stereocenters. The Labute approximate surface area is 119 Å². The Kier molecular flexibility index (Phi) is 4.65. The van der Waals surface area contributed by atoms with Gasteiger partial charge in [-0.3, -0.25) is 4.79 Å². The summed E-state index contributed by atoms with van der Waals surface area (Å²) in [6, 6.07) is 6.22. The maximum absolute atomic E-state index is 12.0. The van der Waals surface area contributed by atoms with Crippen molar-refractivity contribution in [3.63, 3.8) is 0 Å². The van der Waals surface area contributed by atoms with Crippen molar-refractivity contribution < 1.29 is 15.0 Å². The van der Waals surface area contributed by atoms with Crippen molar-refractivity contribution in [1.29, 1.82) is 0 Å². The highest BCUT2D eigenvalue weighted by molar-refractivity contribution is 5.94. The second-order valence-corrected chi connectivity index (χ2v) is 5.81. The molecule has 110 valence electrons. The first-order valence-electron chi connectivity index (χ1n) is 7.32. The highest BCUT2D eigenvalue weighted by Crippen LogP contribution is 2.33. The average Bonchev–Trinajstić information content (AvgIpc) is 2.46. The second kappa shape index (κ2) is 6.27. The Morgan fingerprint density at radius 2 is 2.10 bits per heavy atom. The molecule has 1 aliphatic carbocycles. The van der Waals surface area contributed by atoms with Crippen LogP contribution in [0.15, 0.2) is 24.3 Å². The van der Waals surface area contributed by atoms with Gasteiger partial charge in [0.05, 0.1) is 5.60 Å². The lowest BCUT2D eigenvalue weighted by Crippen LogP contribution is -2.45. The Bertz CT molecular complexity index is 465. The van der Waals surface area contributed by atoms with E-state index in [0.717, 1.165) is 32.1 Å². The summed E-state index contributed by atoms with van der Waals surface area (Å²) in [5.74, 6) is 0.517. The topological polar surface area (TPSA) is 69.6 Å². The molecule has 0 aromatic heterocycles. The van der Waals surface area contributed by atoms with E-state index in [0.29, 0.717) is 11.5 Å². The molecule has 1 amide bonds. The van der Waals surface area contributed by atoms with E-state index >= 15 is 0 Å². The fraction of sp³-hybridized carbons (Fsp3) is 0.562. The second-order valence-electron chi connectivity index (χ2n) is 5.81. The van der Waals surface area contributed by atoms with Crippen LogP contribution in [0.2, 0.25) is 0 Å². The molecular weight excluding hydrogens is 254 g/mol. The van der Waals surface area contributed by atoms with E-state index in [9.17, 15) is 15.0 Å². The number of aliphatic hydroxyl groups is 1. The van der Waals surface area contributed by atoms with Crippen LogP contribution in [0.4, 0.5) is 0 Å². The van der Waals surface area contributed by atoms with Crippen LogP contribution in [-0.2, 0) is 0 Å². The van der Waals surface area contributed by atoms with Crippen molar-refractivity contribution in [3.8, 4) is 5.75 Å². The van der Waals surface area contributed by atoms with Crippen molar-refractivity contribution in [2.45, 2.75) is 44.6 Å². The fourth-order valence-corrected chi connectivity index (χ4v) is 2.79. The standard InChI is InChI=1S/C16H23NO3/c1-2-12-6-8-16(20,9-7-12)11-17-15(19)13-4-3-5-14(18)10-13/h3-5,10,12,18,20H,2,6-9,11H2,1H3,(H,17,19). The van der Waals surface area contributed by atoms with E-state index in [1.165, 1.54) is 12.1 Å². The van der Waals surface area contributed by atoms with Crippen LogP contribution in [0.3, 0.4) is 0 Å². The van der Waals surface area contributed by atoms with Gasteiger partial charge in [0.2, 0.25) is 0 Å². The lowest BCUT2D eigenvalue weighted by molar-refractivity contribution is -0.00786. The summed E-state index contributed by atoms with van der Waals surface area (Å²) in [5, 5.41) is 22.6. The molecule has 0 radical (unpaired) electrons. The normalized spacial score (nSPS) is 26.2. The molecule has 0 spiro atoms. The van der Waals surface area contributed by atoms with Gasteiger partial charge in [-0.1, -0.05) is 19.4 Å². The molecule has 0 bridgehead atoms. The van der Waals surface area contributed by atoms with Gasteiger partial charge in [0.25, 0.3) is 5.91 Å². The molecule has 0 saturated heterocycles. The zero-order chi connectivity index (χ0) is 14.6. The molecule has 1 fully saturated rings. The number of carbonyl (C=O) groups is 1. The average molecular weight is 277 g/mol. The van der Waals surface area contributed by atoms with Crippen molar-refractivity contribution in [2.75, 3.05) is 6.54 Å². The smallest absolute Gasteiger partial charge is 0.251 e. The van der Waals surface area contributed by atoms with Crippen LogP contribution < -0.4 is 5.32 Å². The van der Waals surface area contributed by atoms with Crippen molar-refractivity contribution in [2.24, 2.45) is 5.92 Å². The predicted molar refractivity (Wildman–Crippen MR) is 77.6 cm³/mol. The third-order valence-corrected chi connectivity index (χ3v) is 4.30. The van der Waals surface area contributed by atoms with Gasteiger partial charge in [-0.2, -0.15) is 0 Å². The number of phenolic OH excluding ortho intramolecular Hbond substituents is 1.